The first-order chi connectivity index (χ1) is 14.2. The van der Waals surface area contributed by atoms with E-state index in [1.54, 1.807) is 18.9 Å². The van der Waals surface area contributed by atoms with E-state index >= 15 is 0 Å². The molecular weight excluding hydrogens is 402 g/mol. The molecule has 2 heterocycles. The number of nitrogens with zero attached hydrogens (tertiary/aromatic N) is 1. The van der Waals surface area contributed by atoms with E-state index in [-0.39, 0.29) is 17.0 Å². The zero-order valence-corrected chi connectivity index (χ0v) is 19.0. The maximum Gasteiger partial charge on any atom is 0.341 e. The van der Waals surface area contributed by atoms with Gasteiger partial charge >= 0.3 is 5.97 Å². The highest BCUT2D eigenvalue weighted by Crippen LogP contribution is 2.47. The summed E-state index contributed by atoms with van der Waals surface area (Å²) in [6, 6.07) is 5.27. The van der Waals surface area contributed by atoms with Crippen LogP contribution in [0.1, 0.15) is 49.2 Å². The standard InChI is InChI=1S/C23H29NO5S/c1-23(2,3)20-10-14-9-15(29-7-6-8-30-5)11-19(28-4)21(14)17-12-18(25)16(22(26)27)13-24(17)20/h9,11-13,20H,6-8,10H2,1-5H3,(H,26,27). The van der Waals surface area contributed by atoms with E-state index in [0.29, 0.717) is 24.5 Å². The van der Waals surface area contributed by atoms with E-state index in [9.17, 15) is 14.7 Å². The van der Waals surface area contributed by atoms with Crippen molar-refractivity contribution >= 4 is 17.7 Å². The second-order valence-corrected chi connectivity index (χ2v) is 9.58. The van der Waals surface area contributed by atoms with E-state index in [2.05, 4.69) is 27.0 Å². The maximum absolute atomic E-state index is 12.5. The predicted molar refractivity (Wildman–Crippen MR) is 120 cm³/mol. The smallest absolute Gasteiger partial charge is 0.341 e. The molecule has 162 valence electrons. The Balaban J connectivity index is 2.16. The van der Waals surface area contributed by atoms with Crippen molar-refractivity contribution in [3.63, 3.8) is 0 Å². The molecule has 1 atom stereocenters. The third-order valence-corrected chi connectivity index (χ3v) is 6.15. The summed E-state index contributed by atoms with van der Waals surface area (Å²) in [5, 5.41) is 9.45. The van der Waals surface area contributed by atoms with Crippen molar-refractivity contribution in [3.05, 3.63) is 45.7 Å². The summed E-state index contributed by atoms with van der Waals surface area (Å²) in [7, 11) is 1.59. The number of fused-ring (bicyclic) bond motifs is 3. The summed E-state index contributed by atoms with van der Waals surface area (Å²) in [5.41, 5.74) is 1.66. The van der Waals surface area contributed by atoms with Crippen molar-refractivity contribution in [2.45, 2.75) is 39.7 Å². The van der Waals surface area contributed by atoms with Crippen LogP contribution in [0.4, 0.5) is 0 Å². The molecule has 30 heavy (non-hydrogen) atoms. The number of benzene rings is 1. The number of aromatic nitrogens is 1. The average Bonchev–Trinajstić information content (AvgIpc) is 2.68. The Kier molecular flexibility index (Phi) is 6.50. The molecule has 3 rings (SSSR count). The Morgan fingerprint density at radius 2 is 2.03 bits per heavy atom. The number of thioether (sulfide) groups is 1. The second-order valence-electron chi connectivity index (χ2n) is 8.59. The van der Waals surface area contributed by atoms with E-state index in [1.165, 1.54) is 12.3 Å². The first kappa shape index (κ1) is 22.3. The lowest BCUT2D eigenvalue weighted by atomic mass is 9.78. The lowest BCUT2D eigenvalue weighted by Gasteiger charge is -2.39. The number of hydrogen-bond acceptors (Lipinski definition) is 5. The summed E-state index contributed by atoms with van der Waals surface area (Å²) < 4.78 is 13.5. The molecule has 1 N–H and O–H groups in total. The van der Waals surface area contributed by atoms with Gasteiger partial charge in [-0.15, -0.1) is 0 Å². The summed E-state index contributed by atoms with van der Waals surface area (Å²) in [6.45, 7) is 6.98. The highest BCUT2D eigenvalue weighted by atomic mass is 32.2. The van der Waals surface area contributed by atoms with Crippen LogP contribution in [-0.2, 0) is 6.42 Å². The first-order valence-corrected chi connectivity index (χ1v) is 11.4. The molecule has 1 unspecified atom stereocenters. The fourth-order valence-electron chi connectivity index (χ4n) is 3.93. The molecule has 1 aliphatic heterocycles. The molecule has 0 spiro atoms. The molecule has 1 aliphatic rings. The van der Waals surface area contributed by atoms with Gasteiger partial charge in [0.05, 0.1) is 19.4 Å². The van der Waals surface area contributed by atoms with Gasteiger partial charge in [-0.2, -0.15) is 11.8 Å². The van der Waals surface area contributed by atoms with Crippen LogP contribution in [0.25, 0.3) is 11.3 Å². The molecule has 0 radical (unpaired) electrons. The summed E-state index contributed by atoms with van der Waals surface area (Å²) in [4.78, 5) is 24.1. The third kappa shape index (κ3) is 4.36. The topological polar surface area (TPSA) is 77.8 Å². The first-order valence-electron chi connectivity index (χ1n) is 10.00. The van der Waals surface area contributed by atoms with Gasteiger partial charge in [0.1, 0.15) is 17.1 Å². The molecule has 7 heteroatoms. The van der Waals surface area contributed by atoms with E-state index in [0.717, 1.165) is 29.1 Å². The van der Waals surface area contributed by atoms with Gasteiger partial charge in [-0.25, -0.2) is 4.79 Å². The zero-order chi connectivity index (χ0) is 22.1. The molecule has 0 aliphatic carbocycles. The van der Waals surface area contributed by atoms with Gasteiger partial charge in [0.25, 0.3) is 0 Å². The molecule has 6 nitrogen and oxygen atoms in total. The van der Waals surface area contributed by atoms with Gasteiger partial charge in [-0.05, 0) is 41.9 Å². The molecular formula is C23H29NO5S. The average molecular weight is 432 g/mol. The second kappa shape index (κ2) is 8.76. The molecule has 1 aromatic heterocycles. The molecule has 0 saturated carbocycles. The van der Waals surface area contributed by atoms with Gasteiger partial charge in [0.2, 0.25) is 0 Å². The summed E-state index contributed by atoms with van der Waals surface area (Å²) in [5.74, 6) is 1.19. The number of carboxylic acids is 1. The molecule has 0 fully saturated rings. The Hall–Kier alpha value is -2.41. The molecule has 0 bridgehead atoms. The number of carbonyl (C=O) groups is 1. The molecule has 2 aromatic rings. The minimum Gasteiger partial charge on any atom is -0.496 e. The summed E-state index contributed by atoms with van der Waals surface area (Å²) in [6.07, 6.45) is 5.20. The third-order valence-electron chi connectivity index (χ3n) is 5.45. The van der Waals surface area contributed by atoms with Crippen molar-refractivity contribution in [1.82, 2.24) is 4.57 Å². The van der Waals surface area contributed by atoms with Crippen molar-refractivity contribution in [2.75, 3.05) is 25.7 Å². The van der Waals surface area contributed by atoms with Gasteiger partial charge in [-0.3, -0.25) is 4.79 Å². The Bertz CT molecular complexity index is 1010. The Labute approximate surface area is 181 Å². The van der Waals surface area contributed by atoms with Crippen LogP contribution in [-0.4, -0.2) is 41.4 Å². The number of hydrogen-bond donors (Lipinski definition) is 1. The number of pyridine rings is 1. The zero-order valence-electron chi connectivity index (χ0n) is 18.2. The largest absolute Gasteiger partial charge is 0.496 e. The Morgan fingerprint density at radius 3 is 2.63 bits per heavy atom. The van der Waals surface area contributed by atoms with Gasteiger partial charge < -0.3 is 19.1 Å². The van der Waals surface area contributed by atoms with Crippen LogP contribution >= 0.6 is 11.8 Å². The summed E-state index contributed by atoms with van der Waals surface area (Å²) >= 11 is 1.79. The van der Waals surface area contributed by atoms with Crippen LogP contribution < -0.4 is 14.9 Å². The van der Waals surface area contributed by atoms with Crippen molar-refractivity contribution < 1.29 is 19.4 Å². The van der Waals surface area contributed by atoms with E-state index in [4.69, 9.17) is 9.47 Å². The quantitative estimate of drug-likeness (QED) is 0.651. The minimum absolute atomic E-state index is 0.0184. The van der Waals surface area contributed by atoms with Gasteiger partial charge in [0.15, 0.2) is 5.43 Å². The molecule has 0 amide bonds. The van der Waals surface area contributed by atoms with E-state index < -0.39 is 11.4 Å². The highest BCUT2D eigenvalue weighted by Gasteiger charge is 2.35. The lowest BCUT2D eigenvalue weighted by Crippen LogP contribution is -2.33. The minimum atomic E-state index is -1.21. The highest BCUT2D eigenvalue weighted by molar-refractivity contribution is 7.98. The van der Waals surface area contributed by atoms with Gasteiger partial charge in [-0.1, -0.05) is 20.8 Å². The molecule has 1 aromatic carbocycles. The Morgan fingerprint density at radius 1 is 1.30 bits per heavy atom. The fraction of sp³-hybridized carbons (Fsp3) is 0.478. The van der Waals surface area contributed by atoms with Crippen LogP contribution in [0.3, 0.4) is 0 Å². The predicted octanol–water partition coefficient (Wildman–Crippen LogP) is 4.50. The number of ether oxygens (including phenoxy) is 2. The lowest BCUT2D eigenvalue weighted by molar-refractivity contribution is 0.0693. The van der Waals surface area contributed by atoms with Crippen molar-refractivity contribution in [2.24, 2.45) is 5.41 Å². The molecule has 0 saturated heterocycles. The van der Waals surface area contributed by atoms with Crippen LogP contribution in [0.15, 0.2) is 29.2 Å². The fourth-order valence-corrected chi connectivity index (χ4v) is 4.34. The number of rotatable bonds is 7. The van der Waals surface area contributed by atoms with Gasteiger partial charge in [0, 0.05) is 29.9 Å². The van der Waals surface area contributed by atoms with Crippen molar-refractivity contribution in [1.29, 1.82) is 0 Å². The van der Waals surface area contributed by atoms with E-state index in [1.807, 2.05) is 16.7 Å². The van der Waals surface area contributed by atoms with Crippen LogP contribution in [0.5, 0.6) is 11.5 Å². The normalized spacial score (nSPS) is 15.3. The number of methoxy groups -OCH3 is 1. The van der Waals surface area contributed by atoms with Crippen molar-refractivity contribution in [3.8, 4) is 22.8 Å². The number of carboxylic acid groups (broad SMARTS) is 1. The van der Waals surface area contributed by atoms with Crippen LogP contribution in [0.2, 0.25) is 0 Å². The number of aromatic carboxylic acids is 1. The SMILES string of the molecule is COc1cc(OCCCSC)cc2c1-c1cc(=O)c(C(=O)O)cn1C(C(C)(C)C)C2. The monoisotopic (exact) mass is 431 g/mol. The maximum atomic E-state index is 12.5. The van der Waals surface area contributed by atoms with Crippen LogP contribution in [0, 0.1) is 5.41 Å².